The molecule has 0 saturated carbocycles. The summed E-state index contributed by atoms with van der Waals surface area (Å²) in [5, 5.41) is 0. The standard InChI is InChI=1S/C11H13IO2/c1-2-3-6-14-11-7-10(12)5-4-9(11)8-13/h4-5,7-8H,2-3,6H2,1H3. The number of ether oxygens (including phenoxy) is 1. The van der Waals surface area contributed by atoms with Crippen LogP contribution in [0.2, 0.25) is 0 Å². The molecule has 14 heavy (non-hydrogen) atoms. The third-order valence-corrected chi connectivity index (χ3v) is 2.53. The average Bonchev–Trinajstić information content (AvgIpc) is 2.19. The van der Waals surface area contributed by atoms with Crippen molar-refractivity contribution < 1.29 is 9.53 Å². The van der Waals surface area contributed by atoms with Gasteiger partial charge in [0.1, 0.15) is 5.75 Å². The van der Waals surface area contributed by atoms with Gasteiger partial charge in [0.25, 0.3) is 0 Å². The predicted octanol–water partition coefficient (Wildman–Crippen LogP) is 3.28. The molecule has 1 aromatic carbocycles. The van der Waals surface area contributed by atoms with Gasteiger partial charge in [0, 0.05) is 3.57 Å². The van der Waals surface area contributed by atoms with Crippen LogP contribution in [0.4, 0.5) is 0 Å². The van der Waals surface area contributed by atoms with Crippen LogP contribution in [-0.2, 0) is 0 Å². The van der Waals surface area contributed by atoms with E-state index in [2.05, 4.69) is 29.5 Å². The molecule has 0 heterocycles. The van der Waals surface area contributed by atoms with Gasteiger partial charge in [-0.2, -0.15) is 0 Å². The summed E-state index contributed by atoms with van der Waals surface area (Å²) in [7, 11) is 0. The predicted molar refractivity (Wildman–Crippen MR) is 64.9 cm³/mol. The fourth-order valence-corrected chi connectivity index (χ4v) is 1.52. The Kier molecular flexibility index (Phi) is 4.93. The molecule has 0 saturated heterocycles. The highest BCUT2D eigenvalue weighted by molar-refractivity contribution is 14.1. The number of benzene rings is 1. The highest BCUT2D eigenvalue weighted by Gasteiger charge is 2.02. The van der Waals surface area contributed by atoms with E-state index in [0.29, 0.717) is 17.9 Å². The molecule has 0 amide bonds. The number of aldehydes is 1. The van der Waals surface area contributed by atoms with E-state index < -0.39 is 0 Å². The summed E-state index contributed by atoms with van der Waals surface area (Å²) < 4.78 is 6.60. The molecule has 0 aliphatic carbocycles. The van der Waals surface area contributed by atoms with E-state index in [4.69, 9.17) is 4.74 Å². The monoisotopic (exact) mass is 304 g/mol. The number of rotatable bonds is 5. The molecule has 0 fully saturated rings. The average molecular weight is 304 g/mol. The molecule has 0 spiro atoms. The lowest BCUT2D eigenvalue weighted by atomic mass is 10.2. The lowest BCUT2D eigenvalue weighted by Gasteiger charge is -2.07. The van der Waals surface area contributed by atoms with Gasteiger partial charge < -0.3 is 4.74 Å². The fourth-order valence-electron chi connectivity index (χ4n) is 1.06. The summed E-state index contributed by atoms with van der Waals surface area (Å²) in [5.74, 6) is 0.695. The summed E-state index contributed by atoms with van der Waals surface area (Å²) in [6.45, 7) is 2.79. The summed E-state index contributed by atoms with van der Waals surface area (Å²) >= 11 is 2.20. The molecule has 1 rings (SSSR count). The van der Waals surface area contributed by atoms with Crippen LogP contribution in [0.15, 0.2) is 18.2 Å². The Morgan fingerprint density at radius 3 is 2.93 bits per heavy atom. The number of hydrogen-bond donors (Lipinski definition) is 0. The normalized spacial score (nSPS) is 9.86. The second kappa shape index (κ2) is 6.01. The van der Waals surface area contributed by atoms with E-state index in [1.54, 1.807) is 6.07 Å². The molecular weight excluding hydrogens is 291 g/mol. The quantitative estimate of drug-likeness (QED) is 0.474. The van der Waals surface area contributed by atoms with Crippen LogP contribution >= 0.6 is 22.6 Å². The van der Waals surface area contributed by atoms with Crippen LogP contribution in [0, 0.1) is 3.57 Å². The van der Waals surface area contributed by atoms with Gasteiger partial charge >= 0.3 is 0 Å². The minimum Gasteiger partial charge on any atom is -0.493 e. The fraction of sp³-hybridized carbons (Fsp3) is 0.364. The second-order valence-electron chi connectivity index (χ2n) is 3.00. The van der Waals surface area contributed by atoms with E-state index in [-0.39, 0.29) is 0 Å². The molecule has 76 valence electrons. The summed E-state index contributed by atoms with van der Waals surface area (Å²) in [6.07, 6.45) is 2.95. The van der Waals surface area contributed by atoms with Crippen molar-refractivity contribution in [2.75, 3.05) is 6.61 Å². The molecule has 0 aromatic heterocycles. The van der Waals surface area contributed by atoms with E-state index in [9.17, 15) is 4.79 Å². The molecule has 2 nitrogen and oxygen atoms in total. The maximum Gasteiger partial charge on any atom is 0.153 e. The van der Waals surface area contributed by atoms with Crippen molar-refractivity contribution in [1.29, 1.82) is 0 Å². The van der Waals surface area contributed by atoms with E-state index in [0.717, 1.165) is 22.7 Å². The van der Waals surface area contributed by atoms with Crippen molar-refractivity contribution >= 4 is 28.9 Å². The van der Waals surface area contributed by atoms with Crippen LogP contribution in [0.3, 0.4) is 0 Å². The summed E-state index contributed by atoms with van der Waals surface area (Å²) in [4.78, 5) is 10.7. The van der Waals surface area contributed by atoms with E-state index in [1.807, 2.05) is 12.1 Å². The van der Waals surface area contributed by atoms with E-state index >= 15 is 0 Å². The first kappa shape index (κ1) is 11.5. The lowest BCUT2D eigenvalue weighted by molar-refractivity contribution is 0.111. The molecule has 0 bridgehead atoms. The number of carbonyl (C=O) groups excluding carboxylic acids is 1. The third-order valence-electron chi connectivity index (χ3n) is 1.86. The molecule has 3 heteroatoms. The Morgan fingerprint density at radius 1 is 1.50 bits per heavy atom. The van der Waals surface area contributed by atoms with Gasteiger partial charge in [0.2, 0.25) is 0 Å². The van der Waals surface area contributed by atoms with Crippen molar-refractivity contribution in [1.82, 2.24) is 0 Å². The van der Waals surface area contributed by atoms with Crippen molar-refractivity contribution in [3.05, 3.63) is 27.3 Å². The lowest BCUT2D eigenvalue weighted by Crippen LogP contribution is -1.99. The van der Waals surface area contributed by atoms with Crippen LogP contribution in [0.25, 0.3) is 0 Å². The SMILES string of the molecule is CCCCOc1cc(I)ccc1C=O. The van der Waals surface area contributed by atoms with Gasteiger partial charge in [0.15, 0.2) is 6.29 Å². The van der Waals surface area contributed by atoms with Crippen molar-refractivity contribution in [3.8, 4) is 5.75 Å². The zero-order valence-corrected chi connectivity index (χ0v) is 10.3. The number of halogens is 1. The topological polar surface area (TPSA) is 26.3 Å². The van der Waals surface area contributed by atoms with Crippen LogP contribution in [0.1, 0.15) is 30.1 Å². The molecule has 0 atom stereocenters. The zero-order valence-electron chi connectivity index (χ0n) is 8.13. The number of hydrogen-bond acceptors (Lipinski definition) is 2. The molecule has 0 aliphatic rings. The smallest absolute Gasteiger partial charge is 0.153 e. The largest absolute Gasteiger partial charge is 0.493 e. The zero-order chi connectivity index (χ0) is 10.4. The molecule has 0 aliphatic heterocycles. The van der Waals surface area contributed by atoms with Gasteiger partial charge in [-0.25, -0.2) is 0 Å². The minimum atomic E-state index is 0.626. The molecular formula is C11H13IO2. The Hall–Kier alpha value is -0.580. The Labute approximate surface area is 97.8 Å². The first-order valence-corrected chi connectivity index (χ1v) is 5.73. The first-order valence-electron chi connectivity index (χ1n) is 4.65. The first-order chi connectivity index (χ1) is 6.77. The number of unbranched alkanes of at least 4 members (excludes halogenated alkanes) is 1. The van der Waals surface area contributed by atoms with Crippen molar-refractivity contribution in [2.24, 2.45) is 0 Å². The third kappa shape index (κ3) is 3.29. The second-order valence-corrected chi connectivity index (χ2v) is 4.25. The Morgan fingerprint density at radius 2 is 2.29 bits per heavy atom. The number of carbonyl (C=O) groups is 1. The maximum atomic E-state index is 10.7. The van der Waals surface area contributed by atoms with Crippen molar-refractivity contribution in [3.63, 3.8) is 0 Å². The minimum absolute atomic E-state index is 0.626. The Balaban J connectivity index is 2.72. The summed E-state index contributed by atoms with van der Waals surface area (Å²) in [5.41, 5.74) is 0.626. The highest BCUT2D eigenvalue weighted by Crippen LogP contribution is 2.20. The summed E-state index contributed by atoms with van der Waals surface area (Å²) in [6, 6.07) is 5.58. The van der Waals surface area contributed by atoms with Gasteiger partial charge in [0.05, 0.1) is 12.2 Å². The van der Waals surface area contributed by atoms with Crippen LogP contribution in [-0.4, -0.2) is 12.9 Å². The molecule has 1 aromatic rings. The van der Waals surface area contributed by atoms with Gasteiger partial charge in [-0.3, -0.25) is 4.79 Å². The molecule has 0 N–H and O–H groups in total. The van der Waals surface area contributed by atoms with Crippen molar-refractivity contribution in [2.45, 2.75) is 19.8 Å². The van der Waals surface area contributed by atoms with Gasteiger partial charge in [-0.1, -0.05) is 13.3 Å². The van der Waals surface area contributed by atoms with E-state index in [1.165, 1.54) is 0 Å². The highest BCUT2D eigenvalue weighted by atomic mass is 127. The molecule has 0 radical (unpaired) electrons. The van der Waals surface area contributed by atoms with Gasteiger partial charge in [-0.15, -0.1) is 0 Å². The van der Waals surface area contributed by atoms with Gasteiger partial charge in [-0.05, 0) is 47.2 Å². The van der Waals surface area contributed by atoms with Crippen LogP contribution in [0.5, 0.6) is 5.75 Å². The maximum absolute atomic E-state index is 10.7. The van der Waals surface area contributed by atoms with Crippen LogP contribution < -0.4 is 4.74 Å². The Bertz CT molecular complexity index is 310. The molecule has 0 unspecified atom stereocenters.